The molecule has 0 bridgehead atoms. The summed E-state index contributed by atoms with van der Waals surface area (Å²) in [5, 5.41) is 0. The lowest BCUT2D eigenvalue weighted by molar-refractivity contribution is 0.0240. The Kier molecular flexibility index (Phi) is 12.0. The Bertz CT molecular complexity index is 1150. The molecule has 2 heterocycles. The van der Waals surface area contributed by atoms with Gasteiger partial charge in [0.2, 0.25) is 0 Å². The molecule has 1 aromatic heterocycles. The van der Waals surface area contributed by atoms with E-state index >= 15 is 0 Å². The second-order valence-electron chi connectivity index (χ2n) is 11.7. The smallest absolute Gasteiger partial charge is 0.410 e. The van der Waals surface area contributed by atoms with Crippen molar-refractivity contribution in [2.24, 2.45) is 5.92 Å². The summed E-state index contributed by atoms with van der Waals surface area (Å²) >= 11 is 0. The van der Waals surface area contributed by atoms with Crippen LogP contribution in [0, 0.1) is 17.6 Å². The maximum atomic E-state index is 13.5. The first-order chi connectivity index (χ1) is 19.6. The van der Waals surface area contributed by atoms with Crippen LogP contribution in [0.2, 0.25) is 0 Å². The van der Waals surface area contributed by atoms with Crippen LogP contribution in [-0.2, 0) is 17.6 Å². The van der Waals surface area contributed by atoms with Gasteiger partial charge < -0.3 is 14.5 Å². The van der Waals surface area contributed by atoms with Gasteiger partial charge in [0, 0.05) is 37.8 Å². The summed E-state index contributed by atoms with van der Waals surface area (Å²) in [5.41, 5.74) is 3.60. The molecule has 2 aromatic rings. The number of halogens is 3. The van der Waals surface area contributed by atoms with Crippen molar-refractivity contribution in [1.82, 2.24) is 14.9 Å². The van der Waals surface area contributed by atoms with E-state index in [1.807, 2.05) is 20.8 Å². The molecule has 0 radical (unpaired) electrons. The van der Waals surface area contributed by atoms with E-state index in [4.69, 9.17) is 9.72 Å². The molecule has 0 atom stereocenters. The van der Waals surface area contributed by atoms with Gasteiger partial charge in [0.25, 0.3) is 0 Å². The number of hydrogen-bond donors (Lipinski definition) is 0. The molecule has 0 N–H and O–H groups in total. The van der Waals surface area contributed by atoms with Crippen LogP contribution in [-0.4, -0.2) is 59.4 Å². The van der Waals surface area contributed by atoms with Gasteiger partial charge in [-0.15, -0.1) is 0 Å². The quantitative estimate of drug-likeness (QED) is 0.289. The van der Waals surface area contributed by atoms with E-state index in [0.29, 0.717) is 50.5 Å². The fraction of sp³-hybridized carbons (Fsp3) is 0.594. The number of carbonyl (C=O) groups excluding carboxylic acids is 1. The molecule has 226 valence electrons. The Hall–Kier alpha value is -3.10. The van der Waals surface area contributed by atoms with Crippen LogP contribution in [0.3, 0.4) is 0 Å². The molecule has 6 nitrogen and oxygen atoms in total. The number of piperazine rings is 1. The number of hydrogen-bond acceptors (Lipinski definition) is 5. The van der Waals surface area contributed by atoms with Gasteiger partial charge in [-0.05, 0) is 102 Å². The number of allylic oxidation sites excluding steroid dienone is 2. The summed E-state index contributed by atoms with van der Waals surface area (Å²) in [6.45, 7) is 11.8. The molecule has 41 heavy (non-hydrogen) atoms. The standard InChI is InChI=1S/C29H38F2N4O2.C3H7F/c1-5-24(21-10-11-21)26-25(9-7-6-8-20-16-22(30)18-23(31)17-20)32-19-33-27(26)34-12-14-35(15-13-34)28(36)37-29(2,3)4;1-2-3-4/h5,16-19,21H,6-15H2,1-4H3;2-3H2,1H3/b24-5-;. The molecule has 1 aliphatic heterocycles. The van der Waals surface area contributed by atoms with E-state index in [1.165, 1.54) is 30.5 Å². The first-order valence-corrected chi connectivity index (χ1v) is 14.8. The lowest BCUT2D eigenvalue weighted by Gasteiger charge is -2.37. The number of benzene rings is 1. The molecular weight excluding hydrogens is 529 g/mol. The van der Waals surface area contributed by atoms with Crippen molar-refractivity contribution < 1.29 is 22.7 Å². The first-order valence-electron chi connectivity index (χ1n) is 14.8. The van der Waals surface area contributed by atoms with Crippen LogP contribution < -0.4 is 4.90 Å². The van der Waals surface area contributed by atoms with Crippen LogP contribution in [0.5, 0.6) is 0 Å². The number of rotatable bonds is 9. The fourth-order valence-electron chi connectivity index (χ4n) is 4.92. The maximum Gasteiger partial charge on any atom is 0.410 e. The summed E-state index contributed by atoms with van der Waals surface area (Å²) in [6.07, 6.45) is 9.60. The lowest BCUT2D eigenvalue weighted by Crippen LogP contribution is -2.50. The maximum absolute atomic E-state index is 13.5. The Morgan fingerprint density at radius 2 is 1.63 bits per heavy atom. The van der Waals surface area contributed by atoms with Crippen LogP contribution in [0.15, 0.2) is 30.6 Å². The predicted molar refractivity (Wildman–Crippen MR) is 158 cm³/mol. The monoisotopic (exact) mass is 574 g/mol. The van der Waals surface area contributed by atoms with Crippen molar-refractivity contribution in [2.75, 3.05) is 37.8 Å². The van der Waals surface area contributed by atoms with Crippen molar-refractivity contribution in [2.45, 2.75) is 85.2 Å². The summed E-state index contributed by atoms with van der Waals surface area (Å²) in [5.74, 6) is 0.395. The third kappa shape index (κ3) is 10.0. The molecule has 9 heteroatoms. The molecular formula is C32H45F3N4O2. The molecule has 4 rings (SSSR count). The highest BCUT2D eigenvalue weighted by molar-refractivity contribution is 5.79. The first kappa shape index (κ1) is 32.4. The largest absolute Gasteiger partial charge is 0.444 e. The van der Waals surface area contributed by atoms with E-state index in [9.17, 15) is 18.0 Å². The highest BCUT2D eigenvalue weighted by Crippen LogP contribution is 2.45. The summed E-state index contributed by atoms with van der Waals surface area (Å²) < 4.78 is 43.3. The third-order valence-electron chi connectivity index (χ3n) is 6.99. The van der Waals surface area contributed by atoms with Crippen molar-refractivity contribution in [1.29, 1.82) is 0 Å². The predicted octanol–water partition coefficient (Wildman–Crippen LogP) is 7.56. The highest BCUT2D eigenvalue weighted by Gasteiger charge is 2.33. The Morgan fingerprint density at radius 3 is 2.17 bits per heavy atom. The van der Waals surface area contributed by atoms with E-state index in [0.717, 1.165) is 42.4 Å². The SMILES string of the molecule is C/C=C(\c1c(CCCCc2cc(F)cc(F)c2)ncnc1N1CCN(C(=O)OC(C)(C)C)CC1)C1CC1.CCCF. The second-order valence-corrected chi connectivity index (χ2v) is 11.7. The minimum absolute atomic E-state index is 0.181. The number of aryl methyl sites for hydroxylation is 2. The van der Waals surface area contributed by atoms with Crippen molar-refractivity contribution >= 4 is 17.5 Å². The molecule has 1 saturated heterocycles. The highest BCUT2D eigenvalue weighted by atomic mass is 19.1. The van der Waals surface area contributed by atoms with E-state index in [1.54, 1.807) is 18.2 Å². The van der Waals surface area contributed by atoms with Gasteiger partial charge in [-0.3, -0.25) is 4.39 Å². The van der Waals surface area contributed by atoms with Crippen molar-refractivity contribution in [3.05, 3.63) is 59.1 Å². The van der Waals surface area contributed by atoms with Gasteiger partial charge in [-0.1, -0.05) is 13.0 Å². The van der Waals surface area contributed by atoms with Gasteiger partial charge in [-0.25, -0.2) is 23.5 Å². The number of amides is 1. The topological polar surface area (TPSA) is 58.6 Å². The molecule has 0 unspecified atom stereocenters. The van der Waals surface area contributed by atoms with Gasteiger partial charge in [0.05, 0.1) is 12.4 Å². The van der Waals surface area contributed by atoms with Crippen LogP contribution in [0.1, 0.15) is 83.5 Å². The molecule has 0 spiro atoms. The second kappa shape index (κ2) is 15.2. The van der Waals surface area contributed by atoms with E-state index in [2.05, 4.69) is 22.9 Å². The number of anilines is 1. The van der Waals surface area contributed by atoms with Crippen LogP contribution in [0.25, 0.3) is 5.57 Å². The minimum Gasteiger partial charge on any atom is -0.444 e. The lowest BCUT2D eigenvalue weighted by atomic mass is 9.96. The number of unbranched alkanes of at least 4 members (excludes halogenated alkanes) is 1. The molecule has 1 aromatic carbocycles. The number of ether oxygens (including phenoxy) is 1. The zero-order chi connectivity index (χ0) is 30.0. The van der Waals surface area contributed by atoms with Gasteiger partial charge in [-0.2, -0.15) is 0 Å². The number of carbonyl (C=O) groups is 1. The summed E-state index contributed by atoms with van der Waals surface area (Å²) in [4.78, 5) is 25.9. The Balaban J connectivity index is 0.00000108. The van der Waals surface area contributed by atoms with E-state index in [-0.39, 0.29) is 12.8 Å². The average molecular weight is 575 g/mol. The van der Waals surface area contributed by atoms with Gasteiger partial charge in [0.1, 0.15) is 29.4 Å². The van der Waals surface area contributed by atoms with Gasteiger partial charge in [0.15, 0.2) is 0 Å². The zero-order valence-electron chi connectivity index (χ0n) is 25.2. The fourth-order valence-corrected chi connectivity index (χ4v) is 4.92. The van der Waals surface area contributed by atoms with Crippen LogP contribution in [0.4, 0.5) is 23.8 Å². The number of nitrogens with zero attached hydrogens (tertiary/aromatic N) is 4. The molecule has 1 saturated carbocycles. The van der Waals surface area contributed by atoms with Crippen molar-refractivity contribution in [3.63, 3.8) is 0 Å². The zero-order valence-corrected chi connectivity index (χ0v) is 25.2. The van der Waals surface area contributed by atoms with Gasteiger partial charge >= 0.3 is 6.09 Å². The Labute approximate surface area is 243 Å². The van der Waals surface area contributed by atoms with Crippen molar-refractivity contribution in [3.8, 4) is 0 Å². The van der Waals surface area contributed by atoms with Crippen LogP contribution >= 0.6 is 0 Å². The summed E-state index contributed by atoms with van der Waals surface area (Å²) in [7, 11) is 0. The minimum atomic E-state index is -0.536. The molecule has 1 aliphatic carbocycles. The Morgan fingerprint density at radius 1 is 1.02 bits per heavy atom. The normalized spacial score (nSPS) is 15.9. The molecule has 2 aliphatic rings. The molecule has 1 amide bonds. The molecule has 2 fully saturated rings. The number of alkyl halides is 1. The number of aromatic nitrogens is 2. The average Bonchev–Trinajstić information content (AvgIpc) is 3.76. The summed E-state index contributed by atoms with van der Waals surface area (Å²) in [6, 6.07) is 3.71. The third-order valence-corrected chi connectivity index (χ3v) is 6.99. The van der Waals surface area contributed by atoms with E-state index < -0.39 is 17.2 Å².